The van der Waals surface area contributed by atoms with Crippen molar-refractivity contribution in [2.75, 3.05) is 20.0 Å². The SMILES string of the molecule is CC(C)C1=CC2C(C(C(C)C)=C1)C(C)CC2[Si](C)(C)N1CNCNC1. The predicted octanol–water partition coefficient (Wildman–Crippen LogP) is 4.38. The molecule has 0 aromatic rings. The van der Waals surface area contributed by atoms with Crippen molar-refractivity contribution in [2.24, 2.45) is 29.6 Å². The van der Waals surface area contributed by atoms with Crippen LogP contribution in [0.25, 0.3) is 0 Å². The Morgan fingerprint density at radius 1 is 1.08 bits per heavy atom. The molecular formula is C21H39N3Si. The molecule has 1 saturated carbocycles. The van der Waals surface area contributed by atoms with Crippen LogP contribution in [0.4, 0.5) is 0 Å². The van der Waals surface area contributed by atoms with E-state index >= 15 is 0 Å². The third kappa shape index (κ3) is 3.55. The molecule has 0 bridgehead atoms. The van der Waals surface area contributed by atoms with Gasteiger partial charge in [0, 0.05) is 20.0 Å². The maximum absolute atomic E-state index is 3.52. The Kier molecular flexibility index (Phi) is 5.65. The normalized spacial score (nSPS) is 34.3. The van der Waals surface area contributed by atoms with Crippen LogP contribution in [0.3, 0.4) is 0 Å². The minimum atomic E-state index is -1.51. The monoisotopic (exact) mass is 361 g/mol. The highest BCUT2D eigenvalue weighted by atomic mass is 28.3. The molecule has 0 aromatic heterocycles. The summed E-state index contributed by atoms with van der Waals surface area (Å²) in [6.45, 7) is 20.3. The fraction of sp³-hybridized carbons (Fsp3) is 0.810. The lowest BCUT2D eigenvalue weighted by Crippen LogP contribution is -2.63. The van der Waals surface area contributed by atoms with Gasteiger partial charge in [-0.05, 0) is 47.1 Å². The van der Waals surface area contributed by atoms with Crippen molar-refractivity contribution in [3.05, 3.63) is 23.3 Å². The summed E-state index contributed by atoms with van der Waals surface area (Å²) < 4.78 is 2.74. The number of allylic oxidation sites excluding steroid dienone is 4. The van der Waals surface area contributed by atoms with Crippen LogP contribution in [0.2, 0.25) is 18.6 Å². The molecule has 2 fully saturated rings. The summed E-state index contributed by atoms with van der Waals surface area (Å²) in [4.78, 5) is 0. The molecule has 4 atom stereocenters. The first-order valence-corrected chi connectivity index (χ1v) is 13.4. The third-order valence-corrected chi connectivity index (χ3v) is 11.5. The number of nitrogens with zero attached hydrogens (tertiary/aromatic N) is 1. The van der Waals surface area contributed by atoms with Gasteiger partial charge in [-0.3, -0.25) is 15.2 Å². The Morgan fingerprint density at radius 3 is 2.28 bits per heavy atom. The zero-order valence-corrected chi connectivity index (χ0v) is 18.4. The van der Waals surface area contributed by atoms with Gasteiger partial charge in [-0.2, -0.15) is 0 Å². The summed E-state index contributed by atoms with van der Waals surface area (Å²) in [5, 5.41) is 7.05. The summed E-state index contributed by atoms with van der Waals surface area (Å²) in [6, 6.07) is 0. The Balaban J connectivity index is 1.94. The van der Waals surface area contributed by atoms with E-state index < -0.39 is 8.24 Å². The average Bonchev–Trinajstić information content (AvgIpc) is 2.92. The highest BCUT2D eigenvalue weighted by Gasteiger charge is 2.52. The van der Waals surface area contributed by atoms with Crippen LogP contribution in [-0.2, 0) is 0 Å². The van der Waals surface area contributed by atoms with E-state index in [4.69, 9.17) is 0 Å². The number of fused-ring (bicyclic) bond motifs is 1. The Morgan fingerprint density at radius 2 is 1.72 bits per heavy atom. The van der Waals surface area contributed by atoms with Crippen molar-refractivity contribution in [1.29, 1.82) is 0 Å². The summed E-state index contributed by atoms with van der Waals surface area (Å²) in [5.41, 5.74) is 4.17. The molecule has 25 heavy (non-hydrogen) atoms. The van der Waals surface area contributed by atoms with Crippen LogP contribution in [0.5, 0.6) is 0 Å². The van der Waals surface area contributed by atoms with E-state index in [1.54, 1.807) is 11.1 Å². The van der Waals surface area contributed by atoms with Crippen LogP contribution in [0.15, 0.2) is 23.3 Å². The van der Waals surface area contributed by atoms with E-state index in [0.29, 0.717) is 11.8 Å². The van der Waals surface area contributed by atoms with Crippen LogP contribution < -0.4 is 10.6 Å². The second-order valence-electron chi connectivity index (χ2n) is 9.73. The quantitative estimate of drug-likeness (QED) is 0.728. The van der Waals surface area contributed by atoms with Gasteiger partial charge in [0.1, 0.15) is 8.24 Å². The highest BCUT2D eigenvalue weighted by Crippen LogP contribution is 2.57. The lowest BCUT2D eigenvalue weighted by molar-refractivity contribution is 0.282. The van der Waals surface area contributed by atoms with Gasteiger partial charge in [0.05, 0.1) is 0 Å². The minimum Gasteiger partial charge on any atom is -0.299 e. The zero-order chi connectivity index (χ0) is 18.4. The van der Waals surface area contributed by atoms with Gasteiger partial charge in [0.2, 0.25) is 0 Å². The second kappa shape index (κ2) is 7.30. The van der Waals surface area contributed by atoms with E-state index in [-0.39, 0.29) is 0 Å². The summed E-state index contributed by atoms with van der Waals surface area (Å²) >= 11 is 0. The van der Waals surface area contributed by atoms with Crippen LogP contribution >= 0.6 is 0 Å². The molecule has 1 aliphatic heterocycles. The molecule has 3 nitrogen and oxygen atoms in total. The van der Waals surface area contributed by atoms with E-state index in [2.05, 4.69) is 75.1 Å². The second-order valence-corrected chi connectivity index (χ2v) is 14.4. The molecule has 2 N–H and O–H groups in total. The van der Waals surface area contributed by atoms with Crippen molar-refractivity contribution in [3.8, 4) is 0 Å². The highest BCUT2D eigenvalue weighted by molar-refractivity contribution is 6.76. The molecule has 142 valence electrons. The van der Waals surface area contributed by atoms with Crippen molar-refractivity contribution in [2.45, 2.75) is 59.7 Å². The lowest BCUT2D eigenvalue weighted by atomic mass is 9.73. The fourth-order valence-electron chi connectivity index (χ4n) is 5.50. The molecule has 1 saturated heterocycles. The van der Waals surface area contributed by atoms with Gasteiger partial charge in [-0.25, -0.2) is 0 Å². The first kappa shape index (κ1) is 19.3. The summed E-state index contributed by atoms with van der Waals surface area (Å²) in [7, 11) is -1.51. The number of nitrogens with one attached hydrogen (secondary N) is 2. The fourth-order valence-corrected chi connectivity index (χ4v) is 9.20. The average molecular weight is 362 g/mol. The molecule has 0 amide bonds. The van der Waals surface area contributed by atoms with Crippen LogP contribution in [-0.4, -0.2) is 32.8 Å². The standard InChI is InChI=1S/C21H39N3Si/c1-14(2)17-9-18(15(3)4)21-16(5)8-20(19(21)10-17)25(6,7)24-12-22-11-23-13-24/h9-10,14-16,19-23H,8,11-13H2,1-7H3. The lowest BCUT2D eigenvalue weighted by Gasteiger charge is -2.46. The molecule has 4 unspecified atom stereocenters. The Bertz CT molecular complexity index is 543. The van der Waals surface area contributed by atoms with Gasteiger partial charge >= 0.3 is 0 Å². The molecule has 2 aliphatic carbocycles. The van der Waals surface area contributed by atoms with Crippen molar-refractivity contribution in [1.82, 2.24) is 15.2 Å². The van der Waals surface area contributed by atoms with E-state index in [1.165, 1.54) is 6.42 Å². The maximum Gasteiger partial charge on any atom is 0.128 e. The third-order valence-electron chi connectivity index (χ3n) is 7.13. The molecular weight excluding hydrogens is 322 g/mol. The molecule has 1 heterocycles. The van der Waals surface area contributed by atoms with Gasteiger partial charge in [0.15, 0.2) is 0 Å². The zero-order valence-electron chi connectivity index (χ0n) is 17.4. The van der Waals surface area contributed by atoms with E-state index in [0.717, 1.165) is 43.3 Å². The predicted molar refractivity (Wildman–Crippen MR) is 111 cm³/mol. The van der Waals surface area contributed by atoms with Crippen molar-refractivity contribution in [3.63, 3.8) is 0 Å². The molecule has 0 radical (unpaired) electrons. The largest absolute Gasteiger partial charge is 0.299 e. The number of hydrogen-bond donors (Lipinski definition) is 2. The molecule has 0 aromatic carbocycles. The van der Waals surface area contributed by atoms with Gasteiger partial charge in [-0.1, -0.05) is 65.4 Å². The first-order chi connectivity index (χ1) is 11.7. The molecule has 3 rings (SSSR count). The minimum absolute atomic E-state index is 0.634. The Labute approximate surface area is 156 Å². The topological polar surface area (TPSA) is 27.3 Å². The number of hydrogen-bond acceptors (Lipinski definition) is 3. The van der Waals surface area contributed by atoms with Gasteiger partial charge in [0.25, 0.3) is 0 Å². The molecule has 4 heteroatoms. The Hall–Kier alpha value is -0.423. The number of rotatable bonds is 4. The van der Waals surface area contributed by atoms with E-state index in [1.807, 2.05) is 0 Å². The molecule has 3 aliphatic rings. The summed E-state index contributed by atoms with van der Waals surface area (Å²) in [5.74, 6) is 3.63. The molecule has 0 spiro atoms. The van der Waals surface area contributed by atoms with Crippen LogP contribution in [0, 0.1) is 29.6 Å². The summed E-state index contributed by atoms with van der Waals surface area (Å²) in [6.07, 6.45) is 6.65. The van der Waals surface area contributed by atoms with Gasteiger partial charge in [-0.15, -0.1) is 0 Å². The van der Waals surface area contributed by atoms with Crippen LogP contribution in [0.1, 0.15) is 41.0 Å². The first-order valence-electron chi connectivity index (χ1n) is 10.3. The smallest absolute Gasteiger partial charge is 0.128 e. The van der Waals surface area contributed by atoms with Crippen molar-refractivity contribution >= 4 is 8.24 Å². The van der Waals surface area contributed by atoms with Crippen molar-refractivity contribution < 1.29 is 0 Å². The van der Waals surface area contributed by atoms with Gasteiger partial charge < -0.3 is 0 Å². The maximum atomic E-state index is 3.52. The van der Waals surface area contributed by atoms with E-state index in [9.17, 15) is 0 Å².